The van der Waals surface area contributed by atoms with E-state index in [4.69, 9.17) is 32.6 Å². The summed E-state index contributed by atoms with van der Waals surface area (Å²) >= 11 is 0. The van der Waals surface area contributed by atoms with Crippen LogP contribution in [-0.2, 0) is 13.4 Å². The molecule has 0 fully saturated rings. The summed E-state index contributed by atoms with van der Waals surface area (Å²) in [6, 6.07) is 38.9. The molecule has 0 atom stereocenters. The zero-order valence-corrected chi connectivity index (χ0v) is 23.3. The van der Waals surface area contributed by atoms with Crippen molar-refractivity contribution in [2.24, 2.45) is 0 Å². The molecule has 9 nitrogen and oxygen atoms in total. The molecule has 0 spiro atoms. The monoisotopic (exact) mass is 592 g/mol. The Morgan fingerprint density at radius 1 is 0.390 bits per heavy atom. The first-order chi connectivity index (χ1) is 19.8. The van der Waals surface area contributed by atoms with Crippen molar-refractivity contribution in [1.82, 2.24) is 0 Å². The fraction of sp³-hybridized carbons (Fsp3) is 0. The van der Waals surface area contributed by atoms with Crippen LogP contribution < -0.4 is 18.1 Å². The first-order valence-electron chi connectivity index (χ1n) is 12.2. The van der Waals surface area contributed by atoms with Gasteiger partial charge in [-0.25, -0.2) is 9.13 Å². The predicted molar refractivity (Wildman–Crippen MR) is 154 cm³/mol. The summed E-state index contributed by atoms with van der Waals surface area (Å²) in [6.45, 7) is 0. The van der Waals surface area contributed by atoms with E-state index < -0.39 is 15.6 Å². The summed E-state index contributed by atoms with van der Waals surface area (Å²) in [5.74, 6) is 0.908. The highest BCUT2D eigenvalue weighted by Crippen LogP contribution is 2.64. The van der Waals surface area contributed by atoms with E-state index in [1.54, 1.807) is 127 Å². The molecule has 210 valence electrons. The molecule has 5 aromatic rings. The number of hydrogen-bond acceptors (Lipinski definition) is 9. The molecular weight excluding hydrogens is 566 g/mol. The zero-order chi connectivity index (χ0) is 29.0. The van der Waals surface area contributed by atoms with E-state index in [2.05, 4.69) is 0 Å². The number of phosphoric acid groups is 2. The zero-order valence-electron chi connectivity index (χ0n) is 21.5. The van der Waals surface area contributed by atoms with E-state index in [1.807, 2.05) is 0 Å². The second-order valence-electron chi connectivity index (χ2n) is 8.11. The molecule has 5 aromatic carbocycles. The second kappa shape index (κ2) is 14.1. The average Bonchev–Trinajstić information content (AvgIpc) is 2.95. The fourth-order valence-electron chi connectivity index (χ4n) is 3.16. The van der Waals surface area contributed by atoms with Gasteiger partial charge in [-0.15, -0.1) is 4.31 Å². The quantitative estimate of drug-likeness (QED) is 0.154. The Balaban J connectivity index is 0.000000417. The van der Waals surface area contributed by atoms with Gasteiger partial charge in [0.05, 0.1) is 0 Å². The lowest BCUT2D eigenvalue weighted by molar-refractivity contribution is 0.243. The van der Waals surface area contributed by atoms with E-state index in [1.165, 1.54) is 18.2 Å². The van der Waals surface area contributed by atoms with Crippen molar-refractivity contribution in [3.05, 3.63) is 146 Å². The number of hydrogen-bond donors (Lipinski definition) is 2. The molecule has 0 bridgehead atoms. The van der Waals surface area contributed by atoms with Gasteiger partial charge in [0.1, 0.15) is 34.5 Å². The van der Waals surface area contributed by atoms with Gasteiger partial charge in [-0.05, 0) is 60.7 Å². The van der Waals surface area contributed by atoms with E-state index in [-0.39, 0.29) is 34.5 Å². The standard InChI is InChI=1S/C24H20O7P2.C6H6O2/c25-32(27-21-13-5-1-6-14-21,28-22-15-7-2-8-16-22)31-33(26,29-23-17-9-3-10-18-23)30-24-19-11-4-12-20-24;7-5-2-1-3-6(8)4-5/h1-20H;1-4,7-8H. The van der Waals surface area contributed by atoms with Gasteiger partial charge < -0.3 is 28.3 Å². The maximum Gasteiger partial charge on any atom is 0.598 e. The summed E-state index contributed by atoms with van der Waals surface area (Å²) in [5.41, 5.74) is 0. The minimum Gasteiger partial charge on any atom is -0.508 e. The topological polar surface area (TPSA) is 121 Å². The molecule has 41 heavy (non-hydrogen) atoms. The maximum atomic E-state index is 13.7. The largest absolute Gasteiger partial charge is 0.598 e. The van der Waals surface area contributed by atoms with Gasteiger partial charge in [0.25, 0.3) is 0 Å². The molecule has 0 saturated heterocycles. The molecule has 0 aliphatic heterocycles. The first-order valence-corrected chi connectivity index (χ1v) is 15.1. The summed E-state index contributed by atoms with van der Waals surface area (Å²) in [4.78, 5) is 0. The van der Waals surface area contributed by atoms with E-state index in [0.717, 1.165) is 0 Å². The predicted octanol–water partition coefficient (Wildman–Crippen LogP) is 8.63. The van der Waals surface area contributed by atoms with Crippen LogP contribution >= 0.6 is 15.6 Å². The highest BCUT2D eigenvalue weighted by molar-refractivity contribution is 7.63. The number of benzene rings is 5. The third kappa shape index (κ3) is 9.78. The van der Waals surface area contributed by atoms with Crippen molar-refractivity contribution in [2.45, 2.75) is 0 Å². The van der Waals surface area contributed by atoms with Gasteiger partial charge in [0.15, 0.2) is 0 Å². The Bertz CT molecular complexity index is 1380. The van der Waals surface area contributed by atoms with Gasteiger partial charge in [0, 0.05) is 6.07 Å². The van der Waals surface area contributed by atoms with Crippen molar-refractivity contribution in [3.63, 3.8) is 0 Å². The summed E-state index contributed by atoms with van der Waals surface area (Å²) < 4.78 is 55.2. The molecule has 0 unspecified atom stereocenters. The van der Waals surface area contributed by atoms with Gasteiger partial charge in [0.2, 0.25) is 0 Å². The lowest BCUT2D eigenvalue weighted by Crippen LogP contribution is -2.10. The van der Waals surface area contributed by atoms with E-state index in [9.17, 15) is 9.13 Å². The van der Waals surface area contributed by atoms with Crippen LogP contribution in [0.2, 0.25) is 0 Å². The molecule has 11 heteroatoms. The molecule has 0 aliphatic carbocycles. The Hall–Kier alpha value is -4.68. The van der Waals surface area contributed by atoms with Crippen LogP contribution in [0.15, 0.2) is 146 Å². The molecule has 0 radical (unpaired) electrons. The molecule has 0 aromatic heterocycles. The van der Waals surface area contributed by atoms with E-state index >= 15 is 0 Å². The fourth-order valence-corrected chi connectivity index (χ4v) is 6.27. The lowest BCUT2D eigenvalue weighted by atomic mass is 10.3. The highest BCUT2D eigenvalue weighted by Gasteiger charge is 2.46. The molecule has 0 heterocycles. The van der Waals surface area contributed by atoms with Crippen molar-refractivity contribution in [2.75, 3.05) is 0 Å². The minimum absolute atomic E-state index is 0.0880. The summed E-state index contributed by atoms with van der Waals surface area (Å²) in [6.07, 6.45) is 0. The number of para-hydroxylation sites is 4. The number of phosphoric ester groups is 2. The molecule has 2 N–H and O–H groups in total. The van der Waals surface area contributed by atoms with Crippen LogP contribution in [0.5, 0.6) is 34.5 Å². The van der Waals surface area contributed by atoms with Crippen molar-refractivity contribution >= 4 is 15.6 Å². The van der Waals surface area contributed by atoms with Crippen molar-refractivity contribution in [1.29, 1.82) is 0 Å². The third-order valence-corrected chi connectivity index (χ3v) is 8.21. The average molecular weight is 592 g/mol. The second-order valence-corrected chi connectivity index (χ2v) is 11.3. The first kappa shape index (κ1) is 29.3. The maximum absolute atomic E-state index is 13.7. The summed E-state index contributed by atoms with van der Waals surface area (Å²) in [5, 5.41) is 17.3. The highest BCUT2D eigenvalue weighted by atomic mass is 31.3. The molecule has 0 aliphatic rings. The molecular formula is C30H26O9P2. The van der Waals surface area contributed by atoms with Gasteiger partial charge >= 0.3 is 15.6 Å². The Morgan fingerprint density at radius 2 is 0.659 bits per heavy atom. The van der Waals surface area contributed by atoms with Crippen LogP contribution in [0.25, 0.3) is 0 Å². The lowest BCUT2D eigenvalue weighted by Gasteiger charge is -2.23. The SMILES string of the molecule is O=P(Oc1ccccc1)(Oc1ccccc1)OP(=O)(Oc1ccccc1)Oc1ccccc1.Oc1cccc(O)c1. The number of rotatable bonds is 10. The van der Waals surface area contributed by atoms with Crippen LogP contribution in [0, 0.1) is 0 Å². The minimum atomic E-state index is -4.57. The normalized spacial score (nSPS) is 10.9. The number of phenolic OH excluding ortho intramolecular Hbond substituents is 2. The van der Waals surface area contributed by atoms with Crippen LogP contribution in [-0.4, -0.2) is 10.2 Å². The van der Waals surface area contributed by atoms with E-state index in [0.29, 0.717) is 0 Å². The van der Waals surface area contributed by atoms with Crippen molar-refractivity contribution in [3.8, 4) is 34.5 Å². The molecule has 0 amide bonds. The van der Waals surface area contributed by atoms with Crippen LogP contribution in [0.3, 0.4) is 0 Å². The van der Waals surface area contributed by atoms with Crippen LogP contribution in [0.4, 0.5) is 0 Å². The number of aromatic hydroxyl groups is 2. The Morgan fingerprint density at radius 3 is 0.878 bits per heavy atom. The van der Waals surface area contributed by atoms with Gasteiger partial charge in [-0.2, -0.15) is 0 Å². The molecule has 0 saturated carbocycles. The third-order valence-electron chi connectivity index (χ3n) is 4.87. The molecule has 5 rings (SSSR count). The smallest absolute Gasteiger partial charge is 0.508 e. The van der Waals surface area contributed by atoms with Crippen molar-refractivity contribution < 1.29 is 41.7 Å². The number of phenols is 2. The van der Waals surface area contributed by atoms with Crippen LogP contribution in [0.1, 0.15) is 0 Å². The van der Waals surface area contributed by atoms with Gasteiger partial charge in [-0.1, -0.05) is 78.9 Å². The van der Waals surface area contributed by atoms with Gasteiger partial charge in [-0.3, -0.25) is 0 Å². The summed E-state index contributed by atoms with van der Waals surface area (Å²) in [7, 11) is -9.14. The Labute approximate surface area is 237 Å². The Kier molecular flexibility index (Phi) is 10.1.